The van der Waals surface area contributed by atoms with Crippen molar-refractivity contribution < 1.29 is 19.1 Å². The lowest BCUT2D eigenvalue weighted by atomic mass is 10.2. The van der Waals surface area contributed by atoms with E-state index in [2.05, 4.69) is 14.9 Å². The number of ether oxygens (including phenoxy) is 2. The van der Waals surface area contributed by atoms with E-state index in [4.69, 9.17) is 9.47 Å². The molecule has 0 N–H and O–H groups in total. The summed E-state index contributed by atoms with van der Waals surface area (Å²) in [5, 5.41) is 0.785. The zero-order valence-electron chi connectivity index (χ0n) is 19.8. The Morgan fingerprint density at radius 2 is 1.64 bits per heavy atom. The highest BCUT2D eigenvalue weighted by Crippen LogP contribution is 2.35. The molecule has 2 aromatic heterocycles. The highest BCUT2D eigenvalue weighted by Gasteiger charge is 2.28. The van der Waals surface area contributed by atoms with Crippen LogP contribution >= 0.6 is 11.3 Å². The first-order valence-electron chi connectivity index (χ1n) is 11.6. The van der Waals surface area contributed by atoms with Gasteiger partial charge in [-0.1, -0.05) is 12.8 Å². The van der Waals surface area contributed by atoms with Crippen LogP contribution in [0.3, 0.4) is 0 Å². The van der Waals surface area contributed by atoms with Crippen molar-refractivity contribution in [3.05, 3.63) is 16.3 Å². The van der Waals surface area contributed by atoms with Crippen LogP contribution in [0, 0.1) is 6.92 Å². The Bertz CT molecular complexity index is 994. The normalized spacial score (nSPS) is 17.9. The van der Waals surface area contributed by atoms with Crippen molar-refractivity contribution in [1.82, 2.24) is 24.7 Å². The summed E-state index contributed by atoms with van der Waals surface area (Å²) in [7, 11) is 3.17. The number of aryl methyl sites for hydroxylation is 1. The van der Waals surface area contributed by atoms with Crippen LogP contribution in [0.2, 0.25) is 0 Å². The third-order valence-corrected chi connectivity index (χ3v) is 7.62. The second-order valence-electron chi connectivity index (χ2n) is 8.68. The van der Waals surface area contributed by atoms with Crippen LogP contribution in [0.25, 0.3) is 10.2 Å². The Morgan fingerprint density at radius 1 is 0.939 bits per heavy atom. The number of carbonyl (C=O) groups excluding carboxylic acids is 2. The number of nitrogens with zero attached hydrogens (tertiary/aromatic N) is 5. The monoisotopic (exact) mass is 475 g/mol. The molecule has 2 aliphatic rings. The number of hydrogen-bond acceptors (Lipinski definition) is 8. The summed E-state index contributed by atoms with van der Waals surface area (Å²) in [4.78, 5) is 42.5. The van der Waals surface area contributed by atoms with Gasteiger partial charge in [-0.05, 0) is 25.3 Å². The number of hydrogen-bond donors (Lipinski definition) is 0. The number of thiophene rings is 1. The van der Waals surface area contributed by atoms with E-state index in [1.165, 1.54) is 24.2 Å². The summed E-state index contributed by atoms with van der Waals surface area (Å²) in [6.07, 6.45) is 4.63. The first kappa shape index (κ1) is 23.8. The third kappa shape index (κ3) is 5.28. The van der Waals surface area contributed by atoms with Crippen molar-refractivity contribution in [3.63, 3.8) is 0 Å². The zero-order chi connectivity index (χ0) is 23.4. The molecule has 33 heavy (non-hydrogen) atoms. The van der Waals surface area contributed by atoms with E-state index < -0.39 is 0 Å². The van der Waals surface area contributed by atoms with Crippen molar-refractivity contribution in [2.24, 2.45) is 0 Å². The zero-order valence-corrected chi connectivity index (χ0v) is 20.6. The van der Waals surface area contributed by atoms with Crippen molar-refractivity contribution in [2.75, 3.05) is 60.0 Å². The summed E-state index contributed by atoms with van der Waals surface area (Å²) in [5.74, 6) is 1.22. The van der Waals surface area contributed by atoms with Gasteiger partial charge in [0, 0.05) is 46.4 Å². The average Bonchev–Trinajstić information content (AvgIpc) is 2.99. The van der Waals surface area contributed by atoms with Gasteiger partial charge in [0.25, 0.3) is 5.91 Å². The molecule has 0 atom stereocenters. The summed E-state index contributed by atoms with van der Waals surface area (Å²) in [5.41, 5.74) is 0.847. The molecule has 10 heteroatoms. The van der Waals surface area contributed by atoms with E-state index in [1.54, 1.807) is 14.2 Å². The van der Waals surface area contributed by atoms with Gasteiger partial charge in [-0.15, -0.1) is 11.3 Å². The van der Waals surface area contributed by atoms with Crippen LogP contribution in [0.4, 0.5) is 0 Å². The van der Waals surface area contributed by atoms with E-state index in [9.17, 15) is 9.59 Å². The summed E-state index contributed by atoms with van der Waals surface area (Å²) in [6, 6.07) is 0. The molecule has 4 rings (SSSR count). The molecule has 0 saturated carbocycles. The first-order valence-corrected chi connectivity index (χ1v) is 12.5. The second-order valence-corrected chi connectivity index (χ2v) is 9.68. The van der Waals surface area contributed by atoms with Gasteiger partial charge in [0.05, 0.1) is 23.9 Å². The molecule has 0 bridgehead atoms. The number of likely N-dealkylation sites (tertiary alicyclic amines) is 1. The number of rotatable bonds is 6. The molecule has 2 aliphatic heterocycles. The second kappa shape index (κ2) is 10.8. The average molecular weight is 476 g/mol. The number of piperazine rings is 1. The lowest BCUT2D eigenvalue weighted by Crippen LogP contribution is -2.51. The quantitative estimate of drug-likeness (QED) is 0.634. The molecular weight excluding hydrogens is 442 g/mol. The van der Waals surface area contributed by atoms with Gasteiger partial charge >= 0.3 is 0 Å². The number of carbonyl (C=O) groups is 2. The molecule has 2 amide bonds. The SMILES string of the molecule is COCc1nc(OC)c2c(C)c(C(=O)N3CCN(CC(=O)N4CCCCCC4)CC3)sc2n1. The Balaban J connectivity index is 1.41. The van der Waals surface area contributed by atoms with Crippen LogP contribution in [0.1, 0.15) is 46.7 Å². The lowest BCUT2D eigenvalue weighted by Gasteiger charge is -2.35. The van der Waals surface area contributed by atoms with Crippen LogP contribution in [-0.4, -0.2) is 96.5 Å². The highest BCUT2D eigenvalue weighted by molar-refractivity contribution is 7.20. The molecule has 0 radical (unpaired) electrons. The van der Waals surface area contributed by atoms with Crippen LogP contribution < -0.4 is 4.74 Å². The molecule has 0 aromatic carbocycles. The van der Waals surface area contributed by atoms with E-state index >= 15 is 0 Å². The van der Waals surface area contributed by atoms with Gasteiger partial charge < -0.3 is 19.3 Å². The lowest BCUT2D eigenvalue weighted by molar-refractivity contribution is -0.132. The maximum atomic E-state index is 13.3. The van der Waals surface area contributed by atoms with E-state index in [-0.39, 0.29) is 18.4 Å². The number of aromatic nitrogens is 2. The molecule has 0 spiro atoms. The molecule has 2 fully saturated rings. The summed E-state index contributed by atoms with van der Waals surface area (Å²) in [6.45, 7) is 7.03. The van der Waals surface area contributed by atoms with Crippen molar-refractivity contribution >= 4 is 33.4 Å². The largest absolute Gasteiger partial charge is 0.480 e. The molecule has 2 aromatic rings. The van der Waals surface area contributed by atoms with Crippen molar-refractivity contribution in [3.8, 4) is 5.88 Å². The molecular formula is C23H33N5O4S. The topological polar surface area (TPSA) is 88.1 Å². The molecule has 4 heterocycles. The third-order valence-electron chi connectivity index (χ3n) is 6.44. The molecule has 2 saturated heterocycles. The van der Waals surface area contributed by atoms with E-state index in [0.717, 1.165) is 41.7 Å². The fourth-order valence-electron chi connectivity index (χ4n) is 4.55. The summed E-state index contributed by atoms with van der Waals surface area (Å²) < 4.78 is 10.6. The van der Waals surface area contributed by atoms with Gasteiger partial charge in [0.1, 0.15) is 11.4 Å². The number of methoxy groups -OCH3 is 2. The standard InChI is InChI=1S/C23H33N5O4S/c1-16-19-21(32-3)24-17(15-31-2)25-22(19)33-20(16)23(30)28-12-10-26(11-13-28)14-18(29)27-8-6-4-5-7-9-27/h4-15H2,1-3H3. The van der Waals surface area contributed by atoms with E-state index in [0.29, 0.717) is 49.3 Å². The van der Waals surface area contributed by atoms with Gasteiger partial charge in [-0.25, -0.2) is 4.98 Å². The maximum Gasteiger partial charge on any atom is 0.264 e. The Hall–Kier alpha value is -2.30. The van der Waals surface area contributed by atoms with Crippen molar-refractivity contribution in [1.29, 1.82) is 0 Å². The molecule has 0 unspecified atom stereocenters. The van der Waals surface area contributed by atoms with Gasteiger partial charge in [0.15, 0.2) is 5.82 Å². The van der Waals surface area contributed by atoms with Gasteiger partial charge in [0.2, 0.25) is 11.8 Å². The first-order chi connectivity index (χ1) is 16.0. The predicted molar refractivity (Wildman–Crippen MR) is 127 cm³/mol. The fraction of sp³-hybridized carbons (Fsp3) is 0.652. The molecule has 180 valence electrons. The molecule has 0 aliphatic carbocycles. The number of amides is 2. The number of fused-ring (bicyclic) bond motifs is 1. The summed E-state index contributed by atoms with van der Waals surface area (Å²) >= 11 is 1.38. The maximum absolute atomic E-state index is 13.3. The van der Waals surface area contributed by atoms with Crippen LogP contribution in [0.5, 0.6) is 5.88 Å². The molecule has 9 nitrogen and oxygen atoms in total. The van der Waals surface area contributed by atoms with E-state index in [1.807, 2.05) is 16.7 Å². The minimum Gasteiger partial charge on any atom is -0.480 e. The minimum atomic E-state index is 0.00402. The smallest absolute Gasteiger partial charge is 0.264 e. The van der Waals surface area contributed by atoms with Crippen molar-refractivity contribution in [2.45, 2.75) is 39.2 Å². The predicted octanol–water partition coefficient (Wildman–Crippen LogP) is 2.32. The van der Waals surface area contributed by atoms with Crippen LogP contribution in [0.15, 0.2) is 0 Å². The van der Waals surface area contributed by atoms with Gasteiger partial charge in [-0.2, -0.15) is 4.98 Å². The Labute approximate surface area is 198 Å². The Morgan fingerprint density at radius 3 is 2.27 bits per heavy atom. The van der Waals surface area contributed by atoms with Crippen LogP contribution in [-0.2, 0) is 16.1 Å². The minimum absolute atomic E-state index is 0.00402. The van der Waals surface area contributed by atoms with Gasteiger partial charge in [-0.3, -0.25) is 14.5 Å². The highest BCUT2D eigenvalue weighted by atomic mass is 32.1. The Kier molecular flexibility index (Phi) is 7.77. The fourth-order valence-corrected chi connectivity index (χ4v) is 5.71.